The minimum atomic E-state index is -4.53. The van der Waals surface area contributed by atoms with Crippen LogP contribution in [0.1, 0.15) is 59.1 Å². The molecule has 0 fully saturated rings. The average molecular weight is 530 g/mol. The van der Waals surface area contributed by atoms with Crippen molar-refractivity contribution in [2.75, 3.05) is 5.32 Å². The first-order valence-corrected chi connectivity index (χ1v) is 12.6. The molecule has 1 amide bonds. The number of hydrogen-bond donors (Lipinski definition) is 1. The van der Waals surface area contributed by atoms with Crippen molar-refractivity contribution in [2.45, 2.75) is 46.2 Å². The molecule has 6 nitrogen and oxygen atoms in total. The number of carbonyl (C=O) groups excluding carboxylic acids is 1. The van der Waals surface area contributed by atoms with Crippen LogP contribution in [0.5, 0.6) is 0 Å². The number of halogens is 3. The van der Waals surface area contributed by atoms with Crippen molar-refractivity contribution in [3.05, 3.63) is 85.8 Å². The molecule has 0 saturated heterocycles. The second kappa shape index (κ2) is 10.1. The molecule has 0 bridgehead atoms. The minimum absolute atomic E-state index is 0.0387. The molecule has 4 rings (SSSR count). The van der Waals surface area contributed by atoms with E-state index in [1.165, 1.54) is 41.8 Å². The number of anilines is 1. The van der Waals surface area contributed by atoms with Crippen LogP contribution in [0.4, 0.5) is 29.5 Å². The predicted octanol–water partition coefficient (Wildman–Crippen LogP) is 7.83. The van der Waals surface area contributed by atoms with Gasteiger partial charge < -0.3 is 5.32 Å². The zero-order chi connectivity index (χ0) is 27.0. The van der Waals surface area contributed by atoms with Gasteiger partial charge in [0, 0.05) is 28.9 Å². The summed E-state index contributed by atoms with van der Waals surface area (Å²) in [6.07, 6.45) is -0.749. The van der Waals surface area contributed by atoms with Crippen molar-refractivity contribution >= 4 is 39.8 Å². The molecule has 1 atom stereocenters. The molecule has 0 unspecified atom stereocenters. The molecule has 0 aliphatic heterocycles. The molecule has 1 aliphatic carbocycles. The normalized spacial score (nSPS) is 16.0. The van der Waals surface area contributed by atoms with Crippen LogP contribution >= 0.6 is 11.3 Å². The van der Waals surface area contributed by atoms with E-state index >= 15 is 0 Å². The van der Waals surface area contributed by atoms with Crippen LogP contribution in [0.15, 0.2) is 53.5 Å². The molecular weight excluding hydrogens is 503 g/mol. The lowest BCUT2D eigenvalue weighted by molar-refractivity contribution is -0.384. The van der Waals surface area contributed by atoms with E-state index in [1.54, 1.807) is 12.1 Å². The first-order chi connectivity index (χ1) is 17.3. The van der Waals surface area contributed by atoms with Gasteiger partial charge in [0.15, 0.2) is 0 Å². The topological polar surface area (TPSA) is 84.6 Å². The molecule has 1 aliphatic rings. The predicted molar refractivity (Wildman–Crippen MR) is 139 cm³/mol. The maximum absolute atomic E-state index is 13.4. The highest BCUT2D eigenvalue weighted by molar-refractivity contribution is 7.16. The Labute approximate surface area is 216 Å². The third-order valence-corrected chi connectivity index (χ3v) is 7.72. The van der Waals surface area contributed by atoms with Gasteiger partial charge in [-0.25, -0.2) is 4.99 Å². The Balaban J connectivity index is 1.71. The van der Waals surface area contributed by atoms with E-state index in [1.807, 2.05) is 0 Å². The number of amides is 1. The number of aliphatic imine (C=N–C) groups is 1. The lowest BCUT2D eigenvalue weighted by Crippen LogP contribution is -2.27. The van der Waals surface area contributed by atoms with Gasteiger partial charge in [-0.15, -0.1) is 11.3 Å². The Bertz CT molecular complexity index is 1370. The van der Waals surface area contributed by atoms with Gasteiger partial charge >= 0.3 is 6.18 Å². The number of alkyl halides is 3. The van der Waals surface area contributed by atoms with Crippen molar-refractivity contribution in [3.63, 3.8) is 0 Å². The number of benzene rings is 2. The van der Waals surface area contributed by atoms with E-state index in [0.717, 1.165) is 35.4 Å². The number of nitrogens with zero attached hydrogens (tertiary/aromatic N) is 2. The first-order valence-electron chi connectivity index (χ1n) is 11.7. The summed E-state index contributed by atoms with van der Waals surface area (Å²) >= 11 is 1.39. The summed E-state index contributed by atoms with van der Waals surface area (Å²) < 4.78 is 39.5. The Morgan fingerprint density at radius 2 is 1.89 bits per heavy atom. The van der Waals surface area contributed by atoms with E-state index in [2.05, 4.69) is 31.1 Å². The van der Waals surface area contributed by atoms with Gasteiger partial charge in [0.25, 0.3) is 11.6 Å². The van der Waals surface area contributed by atoms with Crippen molar-refractivity contribution in [1.82, 2.24) is 0 Å². The summed E-state index contributed by atoms with van der Waals surface area (Å²) in [6, 6.07) is 10.5. The number of non-ortho nitro benzene ring substituents is 1. The molecule has 0 spiro atoms. The van der Waals surface area contributed by atoms with Gasteiger partial charge in [-0.2, -0.15) is 13.2 Å². The van der Waals surface area contributed by atoms with Gasteiger partial charge in [0.2, 0.25) is 0 Å². The van der Waals surface area contributed by atoms with Crippen molar-refractivity contribution < 1.29 is 22.9 Å². The summed E-state index contributed by atoms with van der Waals surface area (Å²) in [5.74, 6) is -0.121. The maximum Gasteiger partial charge on any atom is 0.416 e. The van der Waals surface area contributed by atoms with Crippen LogP contribution < -0.4 is 5.32 Å². The summed E-state index contributed by atoms with van der Waals surface area (Å²) in [5.41, 5.74) is 0.885. The molecule has 1 aromatic heterocycles. The number of nitrogens with one attached hydrogen (secondary N) is 1. The van der Waals surface area contributed by atoms with Crippen LogP contribution in [0, 0.1) is 21.4 Å². The molecule has 0 radical (unpaired) electrons. The van der Waals surface area contributed by atoms with E-state index in [4.69, 9.17) is 0 Å². The fourth-order valence-corrected chi connectivity index (χ4v) is 5.72. The van der Waals surface area contributed by atoms with E-state index in [0.29, 0.717) is 28.5 Å². The van der Waals surface area contributed by atoms with Gasteiger partial charge in [-0.1, -0.05) is 39.0 Å². The highest BCUT2D eigenvalue weighted by Gasteiger charge is 2.34. The number of nitro groups is 1. The molecule has 37 heavy (non-hydrogen) atoms. The van der Waals surface area contributed by atoms with Crippen LogP contribution in [0.2, 0.25) is 0 Å². The van der Waals surface area contributed by atoms with Crippen molar-refractivity contribution in [3.8, 4) is 0 Å². The number of thiophene rings is 1. The fraction of sp³-hybridized carbons (Fsp3) is 0.333. The van der Waals surface area contributed by atoms with E-state index < -0.39 is 22.6 Å². The number of nitro benzene ring substituents is 1. The third kappa shape index (κ3) is 6.07. The van der Waals surface area contributed by atoms with Crippen molar-refractivity contribution in [2.24, 2.45) is 16.3 Å². The van der Waals surface area contributed by atoms with Gasteiger partial charge in [-0.05, 0) is 59.9 Å². The van der Waals surface area contributed by atoms with Crippen molar-refractivity contribution in [1.29, 1.82) is 0 Å². The molecule has 194 valence electrons. The summed E-state index contributed by atoms with van der Waals surface area (Å²) in [5, 5.41) is 14.2. The highest BCUT2D eigenvalue weighted by atomic mass is 32.1. The zero-order valence-electron chi connectivity index (χ0n) is 20.6. The number of carbonyl (C=O) groups is 1. The van der Waals surface area contributed by atoms with Gasteiger partial charge in [0.1, 0.15) is 5.00 Å². The van der Waals surface area contributed by atoms with Gasteiger partial charge in [0.05, 0.1) is 16.1 Å². The third-order valence-electron chi connectivity index (χ3n) is 6.56. The second-order valence-electron chi connectivity index (χ2n) is 10.1. The van der Waals surface area contributed by atoms with Crippen LogP contribution in [0.3, 0.4) is 0 Å². The highest BCUT2D eigenvalue weighted by Crippen LogP contribution is 2.45. The Morgan fingerprint density at radius 3 is 2.57 bits per heavy atom. The van der Waals surface area contributed by atoms with Gasteiger partial charge in [-0.3, -0.25) is 14.9 Å². The molecule has 1 heterocycles. The SMILES string of the molecule is CC(C)(C)[C@H]1CCc2c(sc(N=Cc3cccc([N+](=O)[O-])c3)c2C(=O)Nc2cccc(C(F)(F)F)c2)C1. The Kier molecular flexibility index (Phi) is 7.23. The number of hydrogen-bond acceptors (Lipinski definition) is 5. The molecule has 3 aromatic rings. The number of fused-ring (bicyclic) bond motifs is 1. The molecule has 2 aromatic carbocycles. The van der Waals surface area contributed by atoms with Crippen LogP contribution in [-0.2, 0) is 19.0 Å². The van der Waals surface area contributed by atoms with Crippen LogP contribution in [-0.4, -0.2) is 17.0 Å². The zero-order valence-corrected chi connectivity index (χ0v) is 21.4. The lowest BCUT2D eigenvalue weighted by atomic mass is 9.72. The van der Waals surface area contributed by atoms with E-state index in [-0.39, 0.29) is 16.8 Å². The average Bonchev–Trinajstić information content (AvgIpc) is 3.20. The lowest BCUT2D eigenvalue weighted by Gasteiger charge is -2.33. The molecular formula is C27H26F3N3O3S. The molecule has 10 heteroatoms. The van der Waals surface area contributed by atoms with Crippen LogP contribution in [0.25, 0.3) is 0 Å². The summed E-state index contributed by atoms with van der Waals surface area (Å²) in [7, 11) is 0. The largest absolute Gasteiger partial charge is 0.416 e. The quantitative estimate of drug-likeness (QED) is 0.208. The standard InChI is InChI=1S/C27H26F3N3O3S/c1-26(2,3)17-10-11-21-22(14-17)37-25(31-15-16-6-4-9-20(12-16)33(35)36)23(21)24(34)32-19-8-5-7-18(13-19)27(28,29)30/h4-9,12-13,15,17H,10-11,14H2,1-3H3,(H,32,34)/t17-/m0/s1. The maximum atomic E-state index is 13.4. The monoisotopic (exact) mass is 529 g/mol. The smallest absolute Gasteiger partial charge is 0.322 e. The summed E-state index contributed by atoms with van der Waals surface area (Å²) in [6.45, 7) is 6.54. The Hall–Kier alpha value is -3.53. The Morgan fingerprint density at radius 1 is 1.16 bits per heavy atom. The summed E-state index contributed by atoms with van der Waals surface area (Å²) in [4.78, 5) is 29.6. The van der Waals surface area contributed by atoms with E-state index in [9.17, 15) is 28.1 Å². The molecule has 1 N–H and O–H groups in total. The number of rotatable bonds is 5. The molecule has 0 saturated carbocycles. The second-order valence-corrected chi connectivity index (χ2v) is 11.2. The first kappa shape index (κ1) is 26.5. The minimum Gasteiger partial charge on any atom is -0.322 e. The fourth-order valence-electron chi connectivity index (χ4n) is 4.45.